The van der Waals surface area contributed by atoms with Gasteiger partial charge in [0.2, 0.25) is 11.8 Å². The minimum atomic E-state index is -0.974. The average Bonchev–Trinajstić information content (AvgIpc) is 3.69. The van der Waals surface area contributed by atoms with Crippen molar-refractivity contribution >= 4 is 46.8 Å². The van der Waals surface area contributed by atoms with Crippen molar-refractivity contribution in [3.63, 3.8) is 0 Å². The third-order valence-electron chi connectivity index (χ3n) is 14.1. The van der Waals surface area contributed by atoms with Crippen molar-refractivity contribution in [3.05, 3.63) is 87.2 Å². The highest BCUT2D eigenvalue weighted by Crippen LogP contribution is 2.59. The molecular weight excluding hydrogens is 806 g/mol. The van der Waals surface area contributed by atoms with Gasteiger partial charge in [-0.05, 0) is 99.5 Å². The molecule has 3 saturated heterocycles. The van der Waals surface area contributed by atoms with Crippen molar-refractivity contribution in [2.45, 2.75) is 91.0 Å². The molecule has 1 aromatic heterocycles. The molecule has 14 heteroatoms. The van der Waals surface area contributed by atoms with Crippen LogP contribution in [0, 0.1) is 45.8 Å². The summed E-state index contributed by atoms with van der Waals surface area (Å²) in [6.07, 6.45) is 4.06. The van der Waals surface area contributed by atoms with Gasteiger partial charge < -0.3 is 19.4 Å². The first-order valence-corrected chi connectivity index (χ1v) is 22.0. The number of hydrogen-bond acceptors (Lipinski definition) is 10. The van der Waals surface area contributed by atoms with Crippen molar-refractivity contribution in [2.24, 2.45) is 22.7 Å². The van der Waals surface area contributed by atoms with Gasteiger partial charge in [-0.1, -0.05) is 45.2 Å². The van der Waals surface area contributed by atoms with Crippen LogP contribution in [-0.4, -0.2) is 100 Å². The molecule has 0 spiro atoms. The molecule has 6 heterocycles. The lowest BCUT2D eigenvalue weighted by Crippen LogP contribution is -2.74. The van der Waals surface area contributed by atoms with Crippen LogP contribution in [0.3, 0.4) is 0 Å². The number of piperidine rings is 3. The summed E-state index contributed by atoms with van der Waals surface area (Å²) < 4.78 is 6.47. The first-order chi connectivity index (χ1) is 29.6. The molecule has 1 unspecified atom stereocenters. The fourth-order valence-corrected chi connectivity index (χ4v) is 11.5. The second-order valence-corrected chi connectivity index (χ2v) is 19.3. The van der Waals surface area contributed by atoms with E-state index < -0.39 is 29.7 Å². The molecule has 0 radical (unpaired) electrons. The maximum atomic E-state index is 13.8. The molecule has 2 aromatic carbocycles. The number of anilines is 1. The number of benzene rings is 2. The topological polar surface area (TPSA) is 156 Å². The number of nitrogens with zero attached hydrogens (tertiary/aromatic N) is 6. The van der Waals surface area contributed by atoms with Crippen LogP contribution in [0.4, 0.5) is 5.69 Å². The van der Waals surface area contributed by atoms with Crippen LogP contribution in [0.5, 0.6) is 5.75 Å². The fourth-order valence-electron chi connectivity index (χ4n) is 11.3. The Morgan fingerprint density at radius 1 is 0.839 bits per heavy atom. The summed E-state index contributed by atoms with van der Waals surface area (Å²) in [6, 6.07) is 15.2. The molecule has 3 aromatic rings. The Morgan fingerprint density at radius 2 is 1.55 bits per heavy atom. The zero-order chi connectivity index (χ0) is 43.7. The van der Waals surface area contributed by atoms with Gasteiger partial charge in [0.15, 0.2) is 0 Å². The summed E-state index contributed by atoms with van der Waals surface area (Å²) in [5.74, 6) is 6.27. The van der Waals surface area contributed by atoms with E-state index in [1.807, 2.05) is 23.1 Å². The number of halogens is 1. The molecular formula is C48H50ClN7O6. The normalized spacial score (nSPS) is 24.8. The summed E-state index contributed by atoms with van der Waals surface area (Å²) in [6.45, 7) is 13.6. The number of ether oxygens (including phenoxy) is 1. The first kappa shape index (κ1) is 41.6. The van der Waals surface area contributed by atoms with Crippen LogP contribution in [0.2, 0.25) is 5.02 Å². The third-order valence-corrected chi connectivity index (χ3v) is 14.4. The molecule has 0 bridgehead atoms. The molecule has 13 nitrogen and oxygen atoms in total. The Bertz CT molecular complexity index is 2490. The van der Waals surface area contributed by atoms with Crippen molar-refractivity contribution in [2.75, 3.05) is 37.6 Å². The Hall–Kier alpha value is -5.76. The van der Waals surface area contributed by atoms with Gasteiger partial charge >= 0.3 is 0 Å². The fraction of sp³-hybridized carbons (Fsp3) is 0.479. The summed E-state index contributed by atoms with van der Waals surface area (Å²) in [5.41, 5.74) is 3.25. The molecule has 5 aliphatic heterocycles. The summed E-state index contributed by atoms with van der Waals surface area (Å²) in [4.78, 5) is 77.0. The first-order valence-electron chi connectivity index (χ1n) is 21.7. The maximum absolute atomic E-state index is 13.8. The molecule has 5 amide bonds. The SMILES string of the molecule is CC1(C)[C@H](Oc2ccc(C#N)c(Cl)c2)C(C)(C)[C@H]1N1Cc2nc(C#CC3CCN(CC4CCN(c5ccc6c(c5)C(=O)N(C5CCC(=O)NC5=O)C6=O)CC4)CC3)ccc2C1=O. The number of imide groups is 2. The van der Waals surface area contributed by atoms with Gasteiger partial charge in [-0.2, -0.15) is 5.26 Å². The Morgan fingerprint density at radius 3 is 2.24 bits per heavy atom. The van der Waals surface area contributed by atoms with E-state index in [0.29, 0.717) is 51.2 Å². The highest BCUT2D eigenvalue weighted by Gasteiger charge is 2.67. The number of rotatable bonds is 7. The maximum Gasteiger partial charge on any atom is 0.262 e. The van der Waals surface area contributed by atoms with Gasteiger partial charge in [0.1, 0.15) is 29.7 Å². The number of fused-ring (bicyclic) bond motifs is 2. The van der Waals surface area contributed by atoms with E-state index >= 15 is 0 Å². The highest BCUT2D eigenvalue weighted by molar-refractivity contribution is 6.31. The average molecular weight is 856 g/mol. The number of nitriles is 1. The Balaban J connectivity index is 0.749. The van der Waals surface area contributed by atoms with E-state index in [4.69, 9.17) is 21.3 Å². The molecule has 1 saturated carbocycles. The van der Waals surface area contributed by atoms with Crippen LogP contribution >= 0.6 is 11.6 Å². The minimum absolute atomic E-state index is 0.0198. The molecule has 320 valence electrons. The monoisotopic (exact) mass is 855 g/mol. The molecule has 1 atom stereocenters. The number of amides is 5. The quantitative estimate of drug-likeness (QED) is 0.227. The van der Waals surface area contributed by atoms with Crippen LogP contribution < -0.4 is 15.0 Å². The largest absolute Gasteiger partial charge is 0.489 e. The molecule has 1 N–H and O–H groups in total. The number of carbonyl (C=O) groups excluding carboxylic acids is 5. The van der Waals surface area contributed by atoms with Crippen LogP contribution in [0.1, 0.15) is 114 Å². The molecule has 6 aliphatic rings. The minimum Gasteiger partial charge on any atom is -0.489 e. The second kappa shape index (κ2) is 15.9. The summed E-state index contributed by atoms with van der Waals surface area (Å²) in [7, 11) is 0. The number of pyridine rings is 1. The number of hydrogen-bond donors (Lipinski definition) is 1. The van der Waals surface area contributed by atoms with E-state index in [2.05, 4.69) is 60.7 Å². The van der Waals surface area contributed by atoms with E-state index in [1.54, 1.807) is 30.3 Å². The number of likely N-dealkylation sites (tertiary alicyclic amines) is 1. The number of nitrogens with one attached hydrogen (secondary N) is 1. The van der Waals surface area contributed by atoms with Gasteiger partial charge in [0.25, 0.3) is 17.7 Å². The van der Waals surface area contributed by atoms with Gasteiger partial charge in [0, 0.05) is 60.6 Å². The van der Waals surface area contributed by atoms with Crippen LogP contribution in [0.15, 0.2) is 48.5 Å². The molecule has 62 heavy (non-hydrogen) atoms. The Labute approximate surface area is 366 Å². The molecule has 1 aliphatic carbocycles. The molecule has 9 rings (SSSR count). The van der Waals surface area contributed by atoms with Crippen molar-refractivity contribution in [3.8, 4) is 23.7 Å². The Kier molecular flexibility index (Phi) is 10.6. The van der Waals surface area contributed by atoms with Crippen molar-refractivity contribution in [1.82, 2.24) is 25.0 Å². The standard InChI is InChI=1S/C48H50ClN7O6/c1-47(2)45(48(3,4)46(47)62-33-10-6-30(25-50)37(49)24-33)55-27-38-35(42(55)59)11-8-31(51-38)7-5-28-15-19-53(20-16-28)26-29-17-21-54(22-18-29)32-9-12-34-36(23-32)44(61)56(43(34)60)39-13-14-40(57)52-41(39)58/h6,8-12,23-24,28-29,39,45-46H,13-22,26-27H2,1-4H3,(H,52,57,58)/t39?,45-,46-. The van der Waals surface area contributed by atoms with E-state index in [-0.39, 0.29) is 47.6 Å². The van der Waals surface area contributed by atoms with E-state index in [1.165, 1.54) is 0 Å². The van der Waals surface area contributed by atoms with Gasteiger partial charge in [-0.3, -0.25) is 34.2 Å². The number of carbonyl (C=O) groups is 5. The smallest absolute Gasteiger partial charge is 0.262 e. The van der Waals surface area contributed by atoms with E-state index in [0.717, 1.165) is 74.7 Å². The van der Waals surface area contributed by atoms with Crippen LogP contribution in [-0.2, 0) is 16.1 Å². The third kappa shape index (κ3) is 7.29. The summed E-state index contributed by atoms with van der Waals surface area (Å²) >= 11 is 6.29. The zero-order valence-corrected chi connectivity index (χ0v) is 36.3. The second-order valence-electron chi connectivity index (χ2n) is 18.9. The lowest BCUT2D eigenvalue weighted by Gasteiger charge is -2.65. The predicted molar refractivity (Wildman–Crippen MR) is 230 cm³/mol. The van der Waals surface area contributed by atoms with E-state index in [9.17, 15) is 29.2 Å². The number of aromatic nitrogens is 1. The predicted octanol–water partition coefficient (Wildman–Crippen LogP) is 5.83. The van der Waals surface area contributed by atoms with Gasteiger partial charge in [0.05, 0.1) is 39.5 Å². The highest BCUT2D eigenvalue weighted by atomic mass is 35.5. The van der Waals surface area contributed by atoms with Crippen molar-refractivity contribution in [1.29, 1.82) is 5.26 Å². The summed E-state index contributed by atoms with van der Waals surface area (Å²) in [5, 5.41) is 11.9. The van der Waals surface area contributed by atoms with Gasteiger partial charge in [-0.25, -0.2) is 4.98 Å². The lowest BCUT2D eigenvalue weighted by molar-refractivity contribution is -0.199. The lowest BCUT2D eigenvalue weighted by atomic mass is 9.49. The zero-order valence-electron chi connectivity index (χ0n) is 35.5. The molecule has 4 fully saturated rings. The van der Waals surface area contributed by atoms with Crippen LogP contribution in [0.25, 0.3) is 0 Å². The van der Waals surface area contributed by atoms with Crippen molar-refractivity contribution < 1.29 is 28.7 Å². The van der Waals surface area contributed by atoms with Gasteiger partial charge in [-0.15, -0.1) is 0 Å².